The maximum Gasteiger partial charge on any atom is 0.0594 e. The lowest BCUT2D eigenvalue weighted by Gasteiger charge is -2.16. The molecule has 1 rings (SSSR count). The van der Waals surface area contributed by atoms with Crippen LogP contribution in [0, 0.1) is 0 Å². The van der Waals surface area contributed by atoms with Crippen LogP contribution in [0.3, 0.4) is 0 Å². The van der Waals surface area contributed by atoms with Crippen LogP contribution in [0.5, 0.6) is 0 Å². The molecule has 14 heavy (non-hydrogen) atoms. The summed E-state index contributed by atoms with van der Waals surface area (Å²) in [7, 11) is 0. The van der Waals surface area contributed by atoms with E-state index in [1.807, 2.05) is 45.9 Å². The zero-order valence-corrected chi connectivity index (χ0v) is 9.75. The molecule has 0 unspecified atom stereocenters. The normalized spacial score (nSPS) is 10.4. The van der Waals surface area contributed by atoms with Gasteiger partial charge in [0, 0.05) is 0 Å². The van der Waals surface area contributed by atoms with E-state index in [-0.39, 0.29) is 0 Å². The van der Waals surface area contributed by atoms with E-state index >= 15 is 0 Å². The van der Waals surface area contributed by atoms with E-state index in [0.29, 0.717) is 0 Å². The number of rotatable bonds is 3. The monoisotopic (exact) mass is 194 g/mol. The number of aliphatic hydroxyl groups is 1. The van der Waals surface area contributed by atoms with E-state index < -0.39 is 5.60 Å². The molecular weight excluding hydrogens is 172 g/mol. The van der Waals surface area contributed by atoms with Gasteiger partial charge in [-0.25, -0.2) is 0 Å². The molecule has 1 nitrogen and oxygen atoms in total. The zero-order chi connectivity index (χ0) is 11.0. The van der Waals surface area contributed by atoms with Crippen molar-refractivity contribution in [3.05, 3.63) is 35.9 Å². The predicted octanol–water partition coefficient (Wildman–Crippen LogP) is 3.42. The minimum absolute atomic E-state index is 0.546. The lowest BCUT2D eigenvalue weighted by Crippen LogP contribution is -2.19. The minimum Gasteiger partial charge on any atom is -0.390 e. The molecule has 80 valence electrons. The Morgan fingerprint density at radius 1 is 1.07 bits per heavy atom. The van der Waals surface area contributed by atoms with E-state index in [2.05, 4.69) is 12.1 Å². The fraction of sp³-hybridized carbons (Fsp3) is 0.538. The van der Waals surface area contributed by atoms with Crippen LogP contribution in [0.2, 0.25) is 0 Å². The molecule has 0 aliphatic heterocycles. The molecule has 0 saturated carbocycles. The van der Waals surface area contributed by atoms with E-state index in [1.165, 1.54) is 5.56 Å². The van der Waals surface area contributed by atoms with Gasteiger partial charge in [-0.15, -0.1) is 0 Å². The summed E-state index contributed by atoms with van der Waals surface area (Å²) in [5.74, 6) is 0. The topological polar surface area (TPSA) is 20.2 Å². The molecule has 0 amide bonds. The summed E-state index contributed by atoms with van der Waals surface area (Å²) in [6.07, 6.45) is 1.77. The van der Waals surface area contributed by atoms with Crippen molar-refractivity contribution in [1.29, 1.82) is 0 Å². The van der Waals surface area contributed by atoms with Gasteiger partial charge in [0.25, 0.3) is 0 Å². The lowest BCUT2D eigenvalue weighted by atomic mass is 9.99. The Morgan fingerprint density at radius 2 is 1.57 bits per heavy atom. The second kappa shape index (κ2) is 6.61. The molecule has 1 heteroatoms. The first-order valence-electron chi connectivity index (χ1n) is 5.34. The number of hydrogen-bond donors (Lipinski definition) is 1. The quantitative estimate of drug-likeness (QED) is 0.781. The highest BCUT2D eigenvalue weighted by atomic mass is 16.3. The van der Waals surface area contributed by atoms with Crippen LogP contribution in [0.1, 0.15) is 39.7 Å². The van der Waals surface area contributed by atoms with Crippen LogP contribution in [-0.4, -0.2) is 10.7 Å². The molecule has 0 atom stereocenters. The fourth-order valence-corrected chi connectivity index (χ4v) is 1.09. The van der Waals surface area contributed by atoms with E-state index in [9.17, 15) is 5.11 Å². The van der Waals surface area contributed by atoms with Crippen LogP contribution in [0.25, 0.3) is 0 Å². The summed E-state index contributed by atoms with van der Waals surface area (Å²) in [6, 6.07) is 10.2. The number of hydrogen-bond acceptors (Lipinski definition) is 1. The lowest BCUT2D eigenvalue weighted by molar-refractivity contribution is 0.0714. The van der Waals surface area contributed by atoms with Gasteiger partial charge in [-0.3, -0.25) is 0 Å². The van der Waals surface area contributed by atoms with Gasteiger partial charge in [0.1, 0.15) is 0 Å². The summed E-state index contributed by atoms with van der Waals surface area (Å²) in [5.41, 5.74) is 0.746. The highest BCUT2D eigenvalue weighted by molar-refractivity contribution is 5.14. The molecule has 1 aromatic carbocycles. The van der Waals surface area contributed by atoms with Gasteiger partial charge in [0.15, 0.2) is 0 Å². The van der Waals surface area contributed by atoms with Gasteiger partial charge in [-0.2, -0.15) is 0 Å². The Hall–Kier alpha value is -0.820. The molecule has 1 N–H and O–H groups in total. The van der Waals surface area contributed by atoms with Crippen LogP contribution >= 0.6 is 0 Å². The average Bonchev–Trinajstić information content (AvgIpc) is 2.19. The Kier molecular flexibility index (Phi) is 6.22. The third-order valence-corrected chi connectivity index (χ3v) is 1.87. The Balaban J connectivity index is 0.000000791. The predicted molar refractivity (Wildman–Crippen MR) is 62.4 cm³/mol. The van der Waals surface area contributed by atoms with Gasteiger partial charge in [-0.1, -0.05) is 44.2 Å². The first kappa shape index (κ1) is 13.2. The molecule has 0 saturated heterocycles. The zero-order valence-electron chi connectivity index (χ0n) is 9.75. The Morgan fingerprint density at radius 3 is 2.00 bits per heavy atom. The van der Waals surface area contributed by atoms with Crippen molar-refractivity contribution in [2.45, 2.75) is 46.1 Å². The van der Waals surface area contributed by atoms with Crippen LogP contribution in [0.15, 0.2) is 30.3 Å². The van der Waals surface area contributed by atoms with Crippen LogP contribution in [0.4, 0.5) is 0 Å². The third-order valence-electron chi connectivity index (χ3n) is 1.87. The SMILES string of the molecule is CC.CC(C)(O)CCc1ccccc1. The fourth-order valence-electron chi connectivity index (χ4n) is 1.09. The van der Waals surface area contributed by atoms with Crippen molar-refractivity contribution < 1.29 is 5.11 Å². The Bertz CT molecular complexity index is 221. The number of aryl methyl sites for hydroxylation is 1. The standard InChI is InChI=1S/C11H16O.C2H6/c1-11(2,12)9-8-10-6-4-3-5-7-10;1-2/h3-7,12H,8-9H2,1-2H3;1-2H3. The first-order valence-corrected chi connectivity index (χ1v) is 5.34. The van der Waals surface area contributed by atoms with Gasteiger partial charge >= 0.3 is 0 Å². The van der Waals surface area contributed by atoms with Gasteiger partial charge < -0.3 is 5.11 Å². The van der Waals surface area contributed by atoms with Crippen molar-refractivity contribution >= 4 is 0 Å². The third kappa shape index (κ3) is 6.67. The maximum absolute atomic E-state index is 9.48. The van der Waals surface area contributed by atoms with Gasteiger partial charge in [0.2, 0.25) is 0 Å². The molecule has 0 aliphatic rings. The molecular formula is C13H22O. The second-order valence-corrected chi connectivity index (χ2v) is 3.80. The maximum atomic E-state index is 9.48. The van der Waals surface area contributed by atoms with E-state index in [1.54, 1.807) is 0 Å². The highest BCUT2D eigenvalue weighted by Crippen LogP contribution is 2.12. The average molecular weight is 194 g/mol. The summed E-state index contributed by atoms with van der Waals surface area (Å²) in [6.45, 7) is 7.69. The molecule has 0 aromatic heterocycles. The summed E-state index contributed by atoms with van der Waals surface area (Å²) in [5, 5.41) is 9.48. The molecule has 0 bridgehead atoms. The van der Waals surface area contributed by atoms with Gasteiger partial charge in [0.05, 0.1) is 5.60 Å². The first-order chi connectivity index (χ1) is 6.58. The van der Waals surface area contributed by atoms with Crippen molar-refractivity contribution in [3.63, 3.8) is 0 Å². The van der Waals surface area contributed by atoms with Crippen molar-refractivity contribution in [2.24, 2.45) is 0 Å². The summed E-state index contributed by atoms with van der Waals surface area (Å²) in [4.78, 5) is 0. The second-order valence-electron chi connectivity index (χ2n) is 3.80. The van der Waals surface area contributed by atoms with Gasteiger partial charge in [-0.05, 0) is 32.3 Å². The van der Waals surface area contributed by atoms with E-state index in [0.717, 1.165) is 12.8 Å². The number of benzene rings is 1. The molecule has 0 aliphatic carbocycles. The summed E-state index contributed by atoms with van der Waals surface area (Å²) < 4.78 is 0. The minimum atomic E-state index is -0.546. The van der Waals surface area contributed by atoms with E-state index in [4.69, 9.17) is 0 Å². The highest BCUT2D eigenvalue weighted by Gasteiger charge is 2.11. The Labute approximate surface area is 87.8 Å². The van der Waals surface area contributed by atoms with Crippen LogP contribution in [-0.2, 0) is 6.42 Å². The molecule has 0 spiro atoms. The van der Waals surface area contributed by atoms with Crippen molar-refractivity contribution in [3.8, 4) is 0 Å². The van der Waals surface area contributed by atoms with Crippen molar-refractivity contribution in [1.82, 2.24) is 0 Å². The van der Waals surface area contributed by atoms with Crippen LogP contribution < -0.4 is 0 Å². The molecule has 0 heterocycles. The summed E-state index contributed by atoms with van der Waals surface area (Å²) >= 11 is 0. The molecule has 1 aromatic rings. The molecule has 0 radical (unpaired) electrons. The molecule has 0 fully saturated rings. The van der Waals surface area contributed by atoms with Crippen molar-refractivity contribution in [2.75, 3.05) is 0 Å². The largest absolute Gasteiger partial charge is 0.390 e. The smallest absolute Gasteiger partial charge is 0.0594 e.